The maximum Gasteiger partial charge on any atom is 0.307 e. The number of halogens is 1. The van der Waals surface area contributed by atoms with Crippen LogP contribution >= 0.6 is 15.9 Å². The van der Waals surface area contributed by atoms with Crippen LogP contribution in [-0.4, -0.2) is 17.0 Å². The van der Waals surface area contributed by atoms with Crippen LogP contribution in [0.15, 0.2) is 28.7 Å². The molecule has 1 amide bonds. The summed E-state index contributed by atoms with van der Waals surface area (Å²) in [6.07, 6.45) is 3.07. The van der Waals surface area contributed by atoms with Crippen LogP contribution in [0.5, 0.6) is 0 Å². The summed E-state index contributed by atoms with van der Waals surface area (Å²) in [5, 5.41) is 12.2. The Morgan fingerprint density at radius 1 is 1.29 bits per heavy atom. The second-order valence-electron chi connectivity index (χ2n) is 5.62. The quantitative estimate of drug-likeness (QED) is 0.870. The van der Waals surface area contributed by atoms with Crippen LogP contribution in [0.25, 0.3) is 0 Å². The zero-order valence-electron chi connectivity index (χ0n) is 12.0. The predicted octanol–water partition coefficient (Wildman–Crippen LogP) is 3.52. The summed E-state index contributed by atoms with van der Waals surface area (Å²) >= 11 is 3.41. The van der Waals surface area contributed by atoms with Gasteiger partial charge in [-0.3, -0.25) is 9.59 Å². The van der Waals surface area contributed by atoms with Crippen molar-refractivity contribution in [2.75, 3.05) is 0 Å². The highest BCUT2D eigenvalue weighted by Gasteiger charge is 2.36. The molecule has 114 valence electrons. The monoisotopic (exact) mass is 353 g/mol. The van der Waals surface area contributed by atoms with Gasteiger partial charge in [0, 0.05) is 4.47 Å². The molecular weight excluding hydrogens is 334 g/mol. The molecule has 4 nitrogen and oxygen atoms in total. The first-order chi connectivity index (χ1) is 9.99. The molecule has 0 saturated heterocycles. The third-order valence-electron chi connectivity index (χ3n) is 4.13. The van der Waals surface area contributed by atoms with E-state index in [-0.39, 0.29) is 11.9 Å². The third-order valence-corrected chi connectivity index (χ3v) is 4.62. The van der Waals surface area contributed by atoms with Crippen LogP contribution in [0.3, 0.4) is 0 Å². The van der Waals surface area contributed by atoms with Gasteiger partial charge < -0.3 is 10.4 Å². The highest BCUT2D eigenvalue weighted by molar-refractivity contribution is 9.10. The van der Waals surface area contributed by atoms with Crippen molar-refractivity contribution >= 4 is 27.8 Å². The molecule has 1 aliphatic rings. The molecule has 1 aliphatic carbocycles. The van der Waals surface area contributed by atoms with Gasteiger partial charge in [0.1, 0.15) is 0 Å². The molecule has 21 heavy (non-hydrogen) atoms. The Morgan fingerprint density at radius 2 is 1.95 bits per heavy atom. The highest BCUT2D eigenvalue weighted by atomic mass is 79.9. The van der Waals surface area contributed by atoms with Crippen molar-refractivity contribution < 1.29 is 14.7 Å². The molecule has 0 radical (unpaired) electrons. The van der Waals surface area contributed by atoms with Crippen molar-refractivity contribution in [2.24, 2.45) is 11.8 Å². The summed E-state index contributed by atoms with van der Waals surface area (Å²) in [5.41, 5.74) is 1.00. The van der Waals surface area contributed by atoms with Crippen LogP contribution < -0.4 is 5.32 Å². The van der Waals surface area contributed by atoms with Crippen molar-refractivity contribution in [2.45, 2.75) is 38.6 Å². The standard InChI is InChI=1S/C16H20BrNO3/c1-10(11-5-4-6-12(17)9-11)18-15(19)13-7-2-3-8-14(13)16(20)21/h4-6,9-10,13-14H,2-3,7-8H2,1H3,(H,18,19)(H,20,21)/t10-,13-,14+/m1/s1. The van der Waals surface area contributed by atoms with Gasteiger partial charge in [0.15, 0.2) is 0 Å². The van der Waals surface area contributed by atoms with E-state index in [1.165, 1.54) is 0 Å². The molecular formula is C16H20BrNO3. The number of benzene rings is 1. The average molecular weight is 354 g/mol. The fraction of sp³-hybridized carbons (Fsp3) is 0.500. The number of amides is 1. The van der Waals surface area contributed by atoms with Gasteiger partial charge in [-0.05, 0) is 37.5 Å². The molecule has 0 spiro atoms. The Balaban J connectivity index is 2.04. The van der Waals surface area contributed by atoms with Crippen molar-refractivity contribution in [3.05, 3.63) is 34.3 Å². The second kappa shape index (κ2) is 7.07. The molecule has 3 atom stereocenters. The first-order valence-corrected chi connectivity index (χ1v) is 8.07. The van der Waals surface area contributed by atoms with Crippen LogP contribution in [0.2, 0.25) is 0 Å². The first kappa shape index (κ1) is 16.0. The lowest BCUT2D eigenvalue weighted by molar-refractivity contribution is -0.149. The lowest BCUT2D eigenvalue weighted by Crippen LogP contribution is -2.40. The normalized spacial score (nSPS) is 23.3. The van der Waals surface area contributed by atoms with E-state index >= 15 is 0 Å². The van der Waals surface area contributed by atoms with E-state index in [0.717, 1.165) is 22.9 Å². The van der Waals surface area contributed by atoms with E-state index in [4.69, 9.17) is 0 Å². The van der Waals surface area contributed by atoms with Gasteiger partial charge in [0.25, 0.3) is 0 Å². The van der Waals surface area contributed by atoms with Gasteiger partial charge in [-0.15, -0.1) is 0 Å². The molecule has 2 rings (SSSR count). The number of aliphatic carboxylic acids is 1. The Hall–Kier alpha value is -1.36. The molecule has 2 N–H and O–H groups in total. The summed E-state index contributed by atoms with van der Waals surface area (Å²) in [6.45, 7) is 1.91. The van der Waals surface area contributed by atoms with Gasteiger partial charge in [-0.1, -0.05) is 40.9 Å². The molecule has 5 heteroatoms. The number of carboxylic acid groups (broad SMARTS) is 1. The zero-order valence-corrected chi connectivity index (χ0v) is 13.6. The maximum absolute atomic E-state index is 12.4. The predicted molar refractivity (Wildman–Crippen MR) is 83.8 cm³/mol. The molecule has 0 aromatic heterocycles. The third kappa shape index (κ3) is 4.06. The fourth-order valence-electron chi connectivity index (χ4n) is 2.92. The maximum atomic E-state index is 12.4. The molecule has 1 aromatic carbocycles. The van der Waals surface area contributed by atoms with Crippen LogP contribution in [0.4, 0.5) is 0 Å². The second-order valence-corrected chi connectivity index (χ2v) is 6.54. The molecule has 0 unspecified atom stereocenters. The highest BCUT2D eigenvalue weighted by Crippen LogP contribution is 2.31. The summed E-state index contributed by atoms with van der Waals surface area (Å²) < 4.78 is 0.960. The number of hydrogen-bond donors (Lipinski definition) is 2. The summed E-state index contributed by atoms with van der Waals surface area (Å²) in [4.78, 5) is 23.7. The number of hydrogen-bond acceptors (Lipinski definition) is 2. The Kier molecular flexibility index (Phi) is 5.39. The Bertz CT molecular complexity index is 532. The minimum Gasteiger partial charge on any atom is -0.481 e. The van der Waals surface area contributed by atoms with Gasteiger partial charge in [0.2, 0.25) is 5.91 Å². The largest absolute Gasteiger partial charge is 0.481 e. The van der Waals surface area contributed by atoms with E-state index in [9.17, 15) is 14.7 Å². The molecule has 0 bridgehead atoms. The smallest absolute Gasteiger partial charge is 0.307 e. The number of rotatable bonds is 4. The van der Waals surface area contributed by atoms with Crippen molar-refractivity contribution in [3.8, 4) is 0 Å². The van der Waals surface area contributed by atoms with Gasteiger partial charge in [-0.25, -0.2) is 0 Å². The SMILES string of the molecule is C[C@@H](NC(=O)[C@@H]1CCCC[C@@H]1C(=O)O)c1cccc(Br)c1. The van der Waals surface area contributed by atoms with Gasteiger partial charge in [0.05, 0.1) is 17.9 Å². The van der Waals surface area contributed by atoms with Crippen LogP contribution in [-0.2, 0) is 9.59 Å². The van der Waals surface area contributed by atoms with Crippen molar-refractivity contribution in [1.29, 1.82) is 0 Å². The molecule has 0 aliphatic heterocycles. The number of carbonyl (C=O) groups excluding carboxylic acids is 1. The number of carbonyl (C=O) groups is 2. The molecule has 1 aromatic rings. The minimum atomic E-state index is -0.857. The average Bonchev–Trinajstić information content (AvgIpc) is 2.47. The van der Waals surface area contributed by atoms with E-state index in [0.29, 0.717) is 12.8 Å². The number of carboxylic acids is 1. The van der Waals surface area contributed by atoms with Crippen molar-refractivity contribution in [1.82, 2.24) is 5.32 Å². The topological polar surface area (TPSA) is 66.4 Å². The van der Waals surface area contributed by atoms with E-state index in [1.54, 1.807) is 0 Å². The lowest BCUT2D eigenvalue weighted by Gasteiger charge is -2.28. The van der Waals surface area contributed by atoms with Crippen LogP contribution in [0.1, 0.15) is 44.2 Å². The first-order valence-electron chi connectivity index (χ1n) is 7.27. The van der Waals surface area contributed by atoms with Gasteiger partial charge in [-0.2, -0.15) is 0 Å². The van der Waals surface area contributed by atoms with E-state index in [1.807, 2.05) is 31.2 Å². The number of nitrogens with one attached hydrogen (secondary N) is 1. The zero-order chi connectivity index (χ0) is 15.4. The fourth-order valence-corrected chi connectivity index (χ4v) is 3.34. The van der Waals surface area contributed by atoms with E-state index in [2.05, 4.69) is 21.2 Å². The minimum absolute atomic E-state index is 0.133. The molecule has 0 heterocycles. The van der Waals surface area contributed by atoms with Crippen LogP contribution in [0, 0.1) is 11.8 Å². The van der Waals surface area contributed by atoms with Crippen molar-refractivity contribution in [3.63, 3.8) is 0 Å². The lowest BCUT2D eigenvalue weighted by atomic mass is 9.78. The van der Waals surface area contributed by atoms with Gasteiger partial charge >= 0.3 is 5.97 Å². The Labute approximate surface area is 133 Å². The summed E-state index contributed by atoms with van der Waals surface area (Å²) in [7, 11) is 0. The summed E-state index contributed by atoms with van der Waals surface area (Å²) in [5.74, 6) is -1.96. The molecule has 1 fully saturated rings. The Morgan fingerprint density at radius 3 is 2.57 bits per heavy atom. The van der Waals surface area contributed by atoms with E-state index < -0.39 is 17.8 Å². The molecule has 1 saturated carbocycles. The summed E-state index contributed by atoms with van der Waals surface area (Å²) in [6, 6.07) is 7.63.